The molecular formula is C25H20F3N3O2. The van der Waals surface area contributed by atoms with Crippen LogP contribution in [0.1, 0.15) is 38.7 Å². The molecule has 5 rings (SSSR count). The van der Waals surface area contributed by atoms with Gasteiger partial charge in [0.05, 0.1) is 11.8 Å². The fourth-order valence-corrected chi connectivity index (χ4v) is 4.25. The molecule has 1 amide bonds. The molecule has 3 heterocycles. The highest BCUT2D eigenvalue weighted by Gasteiger charge is 2.32. The SMILES string of the molecule is Cn1cc(C2CN(C(=O)c3ccc(-c4ccc(C(F)(F)F)cc4)o3)Cc3ccccc32)cn1. The number of aryl methyl sites for hydroxylation is 1. The zero-order valence-electron chi connectivity index (χ0n) is 17.7. The van der Waals surface area contributed by atoms with Crippen molar-refractivity contribution >= 4 is 5.91 Å². The van der Waals surface area contributed by atoms with Crippen LogP contribution >= 0.6 is 0 Å². The molecule has 2 aromatic carbocycles. The summed E-state index contributed by atoms with van der Waals surface area (Å²) in [4.78, 5) is 15.0. The molecule has 8 heteroatoms. The molecule has 0 bridgehead atoms. The van der Waals surface area contributed by atoms with E-state index in [0.717, 1.165) is 23.3 Å². The standard InChI is InChI=1S/C25H20F3N3O2/c1-30-13-18(12-29-30)21-15-31(14-17-4-2-3-5-20(17)21)24(32)23-11-10-22(33-23)16-6-8-19(9-7-16)25(26,27)28/h2-13,21H,14-15H2,1H3. The van der Waals surface area contributed by atoms with Gasteiger partial charge >= 0.3 is 6.18 Å². The van der Waals surface area contributed by atoms with Crippen molar-refractivity contribution in [2.45, 2.75) is 18.6 Å². The Balaban J connectivity index is 1.40. The first-order valence-electron chi connectivity index (χ1n) is 10.4. The Hall–Kier alpha value is -3.81. The van der Waals surface area contributed by atoms with E-state index in [4.69, 9.17) is 4.42 Å². The molecule has 0 saturated heterocycles. The van der Waals surface area contributed by atoms with E-state index in [1.807, 2.05) is 37.6 Å². The Kier molecular flexibility index (Phi) is 5.08. The third kappa shape index (κ3) is 4.04. The number of carbonyl (C=O) groups is 1. The third-order valence-corrected chi connectivity index (χ3v) is 5.92. The molecule has 1 atom stereocenters. The second-order valence-corrected chi connectivity index (χ2v) is 8.12. The Bertz CT molecular complexity index is 1300. The number of alkyl halides is 3. The van der Waals surface area contributed by atoms with Crippen molar-refractivity contribution in [2.75, 3.05) is 6.54 Å². The second-order valence-electron chi connectivity index (χ2n) is 8.12. The van der Waals surface area contributed by atoms with Crippen molar-refractivity contribution in [2.24, 2.45) is 7.05 Å². The average molecular weight is 451 g/mol. The van der Waals surface area contributed by atoms with E-state index in [2.05, 4.69) is 11.2 Å². The Morgan fingerprint density at radius 3 is 2.52 bits per heavy atom. The number of hydrogen-bond acceptors (Lipinski definition) is 3. The summed E-state index contributed by atoms with van der Waals surface area (Å²) in [6.07, 6.45) is -0.645. The highest BCUT2D eigenvalue weighted by atomic mass is 19.4. The third-order valence-electron chi connectivity index (χ3n) is 5.92. The van der Waals surface area contributed by atoms with Gasteiger partial charge in [-0.15, -0.1) is 0 Å². The van der Waals surface area contributed by atoms with Gasteiger partial charge in [0.25, 0.3) is 5.91 Å². The monoisotopic (exact) mass is 451 g/mol. The van der Waals surface area contributed by atoms with Crippen LogP contribution < -0.4 is 0 Å². The summed E-state index contributed by atoms with van der Waals surface area (Å²) >= 11 is 0. The van der Waals surface area contributed by atoms with Crippen LogP contribution in [0.25, 0.3) is 11.3 Å². The lowest BCUT2D eigenvalue weighted by Gasteiger charge is -2.34. The van der Waals surface area contributed by atoms with Gasteiger partial charge in [0.2, 0.25) is 0 Å². The zero-order valence-corrected chi connectivity index (χ0v) is 17.7. The van der Waals surface area contributed by atoms with Crippen LogP contribution in [0.15, 0.2) is 77.5 Å². The van der Waals surface area contributed by atoms with E-state index in [-0.39, 0.29) is 17.6 Å². The van der Waals surface area contributed by atoms with Gasteiger partial charge in [0.1, 0.15) is 5.76 Å². The number of fused-ring (bicyclic) bond motifs is 1. The molecule has 0 aliphatic carbocycles. The van der Waals surface area contributed by atoms with E-state index in [1.165, 1.54) is 17.7 Å². The van der Waals surface area contributed by atoms with Crippen molar-refractivity contribution < 1.29 is 22.4 Å². The number of benzene rings is 2. The average Bonchev–Trinajstić information content (AvgIpc) is 3.47. The number of hydrogen-bond donors (Lipinski definition) is 0. The van der Waals surface area contributed by atoms with Crippen molar-refractivity contribution in [3.05, 3.63) is 101 Å². The summed E-state index contributed by atoms with van der Waals surface area (Å²) < 4.78 is 46.0. The van der Waals surface area contributed by atoms with Crippen LogP contribution in [0.2, 0.25) is 0 Å². The maximum absolute atomic E-state index is 13.3. The minimum absolute atomic E-state index is 0.0167. The lowest BCUT2D eigenvalue weighted by atomic mass is 9.86. The predicted octanol–water partition coefficient (Wildman–Crippen LogP) is 5.49. The normalized spacial score (nSPS) is 16.0. The summed E-state index contributed by atoms with van der Waals surface area (Å²) in [5.74, 6) is 0.205. The predicted molar refractivity (Wildman–Crippen MR) is 115 cm³/mol. The lowest BCUT2D eigenvalue weighted by molar-refractivity contribution is -0.137. The van der Waals surface area contributed by atoms with Crippen LogP contribution in [-0.2, 0) is 19.8 Å². The summed E-state index contributed by atoms with van der Waals surface area (Å²) in [5, 5.41) is 4.28. The van der Waals surface area contributed by atoms with Crippen LogP contribution in [0.4, 0.5) is 13.2 Å². The summed E-state index contributed by atoms with van der Waals surface area (Å²) in [6, 6.07) is 15.9. The van der Waals surface area contributed by atoms with Crippen LogP contribution in [-0.4, -0.2) is 27.1 Å². The van der Waals surface area contributed by atoms with E-state index in [1.54, 1.807) is 21.7 Å². The smallest absolute Gasteiger partial charge is 0.416 e. The molecule has 0 N–H and O–H groups in total. The van der Waals surface area contributed by atoms with Crippen LogP contribution in [0.3, 0.4) is 0 Å². The Morgan fingerprint density at radius 1 is 1.06 bits per heavy atom. The molecule has 2 aromatic heterocycles. The highest BCUT2D eigenvalue weighted by Crippen LogP contribution is 2.35. The van der Waals surface area contributed by atoms with Crippen molar-refractivity contribution in [3.63, 3.8) is 0 Å². The van der Waals surface area contributed by atoms with Gasteiger partial charge in [0, 0.05) is 37.8 Å². The number of nitrogens with zero attached hydrogens (tertiary/aromatic N) is 3. The molecule has 1 unspecified atom stereocenters. The molecule has 1 aliphatic heterocycles. The van der Waals surface area contributed by atoms with Gasteiger partial charge < -0.3 is 9.32 Å². The van der Waals surface area contributed by atoms with Crippen LogP contribution in [0.5, 0.6) is 0 Å². The van der Waals surface area contributed by atoms with Crippen LogP contribution in [0, 0.1) is 0 Å². The minimum atomic E-state index is -4.40. The van der Waals surface area contributed by atoms with E-state index in [9.17, 15) is 18.0 Å². The van der Waals surface area contributed by atoms with Gasteiger partial charge in [-0.3, -0.25) is 9.48 Å². The lowest BCUT2D eigenvalue weighted by Crippen LogP contribution is -2.38. The number of rotatable bonds is 3. The van der Waals surface area contributed by atoms with Gasteiger partial charge in [-0.25, -0.2) is 0 Å². The minimum Gasteiger partial charge on any atom is -0.451 e. The number of amides is 1. The fraction of sp³-hybridized carbons (Fsp3) is 0.200. The maximum atomic E-state index is 13.3. The Labute approximate surface area is 188 Å². The van der Waals surface area contributed by atoms with Gasteiger partial charge in [-0.2, -0.15) is 18.3 Å². The number of halogens is 3. The Morgan fingerprint density at radius 2 is 1.82 bits per heavy atom. The quantitative estimate of drug-likeness (QED) is 0.414. The molecule has 33 heavy (non-hydrogen) atoms. The largest absolute Gasteiger partial charge is 0.451 e. The number of furan rings is 1. The highest BCUT2D eigenvalue weighted by molar-refractivity contribution is 5.92. The molecule has 5 nitrogen and oxygen atoms in total. The number of carbonyl (C=O) groups excluding carboxylic acids is 1. The van der Waals surface area contributed by atoms with Gasteiger partial charge in [0.15, 0.2) is 5.76 Å². The molecule has 1 aliphatic rings. The summed E-state index contributed by atoms with van der Waals surface area (Å²) in [7, 11) is 1.85. The fourth-order valence-electron chi connectivity index (χ4n) is 4.25. The molecule has 168 valence electrons. The first kappa shape index (κ1) is 21.1. The van der Waals surface area contributed by atoms with E-state index >= 15 is 0 Å². The van der Waals surface area contributed by atoms with Crippen molar-refractivity contribution in [3.8, 4) is 11.3 Å². The zero-order chi connectivity index (χ0) is 23.2. The van der Waals surface area contributed by atoms with Gasteiger partial charge in [-0.1, -0.05) is 36.4 Å². The molecule has 0 radical (unpaired) electrons. The van der Waals surface area contributed by atoms with E-state index in [0.29, 0.717) is 24.4 Å². The first-order chi connectivity index (χ1) is 15.8. The summed E-state index contributed by atoms with van der Waals surface area (Å²) in [6.45, 7) is 0.917. The molecule has 0 spiro atoms. The maximum Gasteiger partial charge on any atom is 0.416 e. The molecule has 4 aromatic rings. The molecule has 0 saturated carbocycles. The number of aromatic nitrogens is 2. The second kappa shape index (κ2) is 7.95. The van der Waals surface area contributed by atoms with Gasteiger partial charge in [-0.05, 0) is 41.0 Å². The first-order valence-corrected chi connectivity index (χ1v) is 10.4. The van der Waals surface area contributed by atoms with Crippen molar-refractivity contribution in [1.29, 1.82) is 0 Å². The topological polar surface area (TPSA) is 51.3 Å². The molecule has 0 fully saturated rings. The summed E-state index contributed by atoms with van der Waals surface area (Å²) in [5.41, 5.74) is 2.98. The molecular weight excluding hydrogens is 431 g/mol. The van der Waals surface area contributed by atoms with E-state index < -0.39 is 11.7 Å². The van der Waals surface area contributed by atoms with Crippen molar-refractivity contribution in [1.82, 2.24) is 14.7 Å².